The normalized spacial score (nSPS) is 57.0. The Morgan fingerprint density at radius 2 is 1.29 bits per heavy atom. The summed E-state index contributed by atoms with van der Waals surface area (Å²) in [6.45, 7) is 0. The van der Waals surface area contributed by atoms with Crippen molar-refractivity contribution in [3.05, 3.63) is 0 Å². The van der Waals surface area contributed by atoms with E-state index >= 15 is 0 Å². The molecule has 0 aromatic heterocycles. The molecule has 3 aliphatic carbocycles. The Kier molecular flexibility index (Phi) is 2.10. The fraction of sp³-hybridized carbons (Fsp3) is 1.00. The van der Waals surface area contributed by atoms with E-state index in [1.54, 1.807) is 0 Å². The summed E-state index contributed by atoms with van der Waals surface area (Å²) in [5, 5.41) is 10.2. The first-order valence-electron chi connectivity index (χ1n) is 6.22. The summed E-state index contributed by atoms with van der Waals surface area (Å²) < 4.78 is 0. The Labute approximate surface area is 85.9 Å². The van der Waals surface area contributed by atoms with Crippen LogP contribution in [-0.2, 0) is 0 Å². The van der Waals surface area contributed by atoms with E-state index in [0.717, 1.165) is 11.8 Å². The highest BCUT2D eigenvalue weighted by Gasteiger charge is 2.51. The van der Waals surface area contributed by atoms with E-state index in [0.29, 0.717) is 11.8 Å². The molecule has 0 radical (unpaired) electrons. The predicted molar refractivity (Wildman–Crippen MR) is 55.6 cm³/mol. The third kappa shape index (κ3) is 1.10. The van der Waals surface area contributed by atoms with Gasteiger partial charge in [-0.05, 0) is 49.4 Å². The second-order valence-electron chi connectivity index (χ2n) is 5.59. The van der Waals surface area contributed by atoms with Gasteiger partial charge < -0.3 is 10.8 Å². The van der Waals surface area contributed by atoms with E-state index in [9.17, 15) is 5.11 Å². The van der Waals surface area contributed by atoms with Crippen molar-refractivity contribution < 1.29 is 5.11 Å². The first-order valence-corrected chi connectivity index (χ1v) is 6.22. The monoisotopic (exact) mass is 195 g/mol. The Hall–Kier alpha value is -0.0800. The molecule has 3 aliphatic rings. The quantitative estimate of drug-likeness (QED) is 0.615. The first kappa shape index (κ1) is 9.17. The van der Waals surface area contributed by atoms with Crippen molar-refractivity contribution >= 4 is 0 Å². The van der Waals surface area contributed by atoms with Gasteiger partial charge in [0.25, 0.3) is 0 Å². The fourth-order valence-electron chi connectivity index (χ4n) is 4.54. The minimum absolute atomic E-state index is 0.0850. The third-order valence-corrected chi connectivity index (χ3v) is 5.13. The van der Waals surface area contributed by atoms with Crippen molar-refractivity contribution in [1.82, 2.24) is 0 Å². The lowest BCUT2D eigenvalue weighted by Gasteiger charge is -2.44. The predicted octanol–water partition coefficient (Wildman–Crippen LogP) is 1.52. The molecule has 0 unspecified atom stereocenters. The SMILES string of the molecule is N[C@H]1[C@H](O)[C@@H]2CCC[C@H]2[C@@H]2CCC[C@@H]12. The Balaban J connectivity index is 1.89. The van der Waals surface area contributed by atoms with Gasteiger partial charge in [0.05, 0.1) is 6.10 Å². The molecule has 0 amide bonds. The molecule has 0 aromatic carbocycles. The second-order valence-corrected chi connectivity index (χ2v) is 5.59. The van der Waals surface area contributed by atoms with Gasteiger partial charge in [-0.15, -0.1) is 0 Å². The Bertz CT molecular complexity index is 206. The van der Waals surface area contributed by atoms with Gasteiger partial charge in [-0.2, -0.15) is 0 Å². The lowest BCUT2D eigenvalue weighted by molar-refractivity contribution is -0.0243. The van der Waals surface area contributed by atoms with Gasteiger partial charge in [0.1, 0.15) is 0 Å². The number of hydrogen-bond donors (Lipinski definition) is 2. The number of nitrogens with two attached hydrogens (primary N) is 1. The van der Waals surface area contributed by atoms with Crippen molar-refractivity contribution in [1.29, 1.82) is 0 Å². The molecule has 80 valence electrons. The van der Waals surface area contributed by atoms with E-state index in [1.807, 2.05) is 0 Å². The zero-order valence-electron chi connectivity index (χ0n) is 8.73. The van der Waals surface area contributed by atoms with Crippen LogP contribution >= 0.6 is 0 Å². The molecule has 3 rings (SSSR count). The molecular formula is C12H21NO. The minimum atomic E-state index is -0.193. The van der Waals surface area contributed by atoms with Gasteiger partial charge in [-0.3, -0.25) is 0 Å². The van der Waals surface area contributed by atoms with Gasteiger partial charge in [-0.1, -0.05) is 12.8 Å². The summed E-state index contributed by atoms with van der Waals surface area (Å²) in [6.07, 6.45) is 7.71. The summed E-state index contributed by atoms with van der Waals surface area (Å²) in [6, 6.07) is 0.0850. The van der Waals surface area contributed by atoms with Gasteiger partial charge in [0, 0.05) is 6.04 Å². The lowest BCUT2D eigenvalue weighted by atomic mass is 9.66. The van der Waals surface area contributed by atoms with Crippen LogP contribution in [0.5, 0.6) is 0 Å². The van der Waals surface area contributed by atoms with Crippen LogP contribution in [0.15, 0.2) is 0 Å². The van der Waals surface area contributed by atoms with Crippen LogP contribution in [0.25, 0.3) is 0 Å². The highest BCUT2D eigenvalue weighted by molar-refractivity contribution is 5.03. The standard InChI is InChI=1S/C12H21NO/c13-11-9-5-1-3-7(9)8-4-2-6-10(8)12(11)14/h7-12,14H,1-6,13H2/t7-,8-,9+,10+,11+,12+/m0/s1. The number of fused-ring (bicyclic) bond motifs is 3. The Morgan fingerprint density at radius 3 is 2.00 bits per heavy atom. The molecular weight excluding hydrogens is 174 g/mol. The molecule has 6 atom stereocenters. The highest BCUT2D eigenvalue weighted by Crippen LogP contribution is 2.53. The molecule has 3 fully saturated rings. The van der Waals surface area contributed by atoms with E-state index in [4.69, 9.17) is 5.73 Å². The summed E-state index contributed by atoms with van der Waals surface area (Å²) in [5.74, 6) is 2.87. The van der Waals surface area contributed by atoms with Crippen LogP contribution in [-0.4, -0.2) is 17.3 Å². The molecule has 2 nitrogen and oxygen atoms in total. The smallest absolute Gasteiger partial charge is 0.0724 e. The fourth-order valence-corrected chi connectivity index (χ4v) is 4.54. The van der Waals surface area contributed by atoms with E-state index in [-0.39, 0.29) is 12.1 Å². The van der Waals surface area contributed by atoms with Crippen LogP contribution in [0.4, 0.5) is 0 Å². The van der Waals surface area contributed by atoms with Crippen LogP contribution in [0.1, 0.15) is 38.5 Å². The average Bonchev–Trinajstić information content (AvgIpc) is 2.80. The molecule has 0 aromatic rings. The van der Waals surface area contributed by atoms with Crippen LogP contribution in [0.3, 0.4) is 0 Å². The molecule has 0 heterocycles. The van der Waals surface area contributed by atoms with Gasteiger partial charge in [0.15, 0.2) is 0 Å². The maximum absolute atomic E-state index is 10.2. The molecule has 2 heteroatoms. The van der Waals surface area contributed by atoms with Crippen molar-refractivity contribution in [3.8, 4) is 0 Å². The van der Waals surface area contributed by atoms with Gasteiger partial charge in [0.2, 0.25) is 0 Å². The van der Waals surface area contributed by atoms with Gasteiger partial charge in [-0.25, -0.2) is 0 Å². The molecule has 0 spiro atoms. The van der Waals surface area contributed by atoms with Gasteiger partial charge >= 0.3 is 0 Å². The zero-order chi connectivity index (χ0) is 9.71. The molecule has 14 heavy (non-hydrogen) atoms. The topological polar surface area (TPSA) is 46.2 Å². The van der Waals surface area contributed by atoms with E-state index in [1.165, 1.54) is 38.5 Å². The molecule has 3 N–H and O–H groups in total. The van der Waals surface area contributed by atoms with E-state index in [2.05, 4.69) is 0 Å². The maximum atomic E-state index is 10.2. The van der Waals surface area contributed by atoms with Crippen molar-refractivity contribution in [2.24, 2.45) is 29.4 Å². The molecule has 0 aliphatic heterocycles. The Morgan fingerprint density at radius 1 is 0.786 bits per heavy atom. The van der Waals surface area contributed by atoms with Crippen LogP contribution < -0.4 is 5.73 Å². The number of aliphatic hydroxyl groups excluding tert-OH is 1. The van der Waals surface area contributed by atoms with E-state index < -0.39 is 0 Å². The lowest BCUT2D eigenvalue weighted by Crippen LogP contribution is -2.53. The number of rotatable bonds is 0. The zero-order valence-corrected chi connectivity index (χ0v) is 8.73. The van der Waals surface area contributed by atoms with Crippen molar-refractivity contribution in [2.75, 3.05) is 0 Å². The minimum Gasteiger partial charge on any atom is -0.391 e. The highest BCUT2D eigenvalue weighted by atomic mass is 16.3. The van der Waals surface area contributed by atoms with Crippen LogP contribution in [0.2, 0.25) is 0 Å². The average molecular weight is 195 g/mol. The summed E-state index contributed by atoms with van der Waals surface area (Å²) in [5.41, 5.74) is 6.17. The van der Waals surface area contributed by atoms with Crippen molar-refractivity contribution in [2.45, 2.75) is 50.7 Å². The number of hydrogen-bond acceptors (Lipinski definition) is 2. The summed E-state index contributed by atoms with van der Waals surface area (Å²) >= 11 is 0. The molecule has 3 saturated carbocycles. The maximum Gasteiger partial charge on any atom is 0.0724 e. The summed E-state index contributed by atoms with van der Waals surface area (Å²) in [4.78, 5) is 0. The molecule has 0 saturated heterocycles. The largest absolute Gasteiger partial charge is 0.391 e. The molecule has 0 bridgehead atoms. The van der Waals surface area contributed by atoms with Crippen LogP contribution in [0, 0.1) is 23.7 Å². The first-order chi connectivity index (χ1) is 6.79. The van der Waals surface area contributed by atoms with Crippen molar-refractivity contribution in [3.63, 3.8) is 0 Å². The number of aliphatic hydroxyl groups is 1. The summed E-state index contributed by atoms with van der Waals surface area (Å²) in [7, 11) is 0. The third-order valence-electron chi connectivity index (χ3n) is 5.13. The second kappa shape index (κ2) is 3.21.